The molecule has 0 radical (unpaired) electrons. The van der Waals surface area contributed by atoms with Gasteiger partial charge in [0.25, 0.3) is 0 Å². The highest BCUT2D eigenvalue weighted by Crippen LogP contribution is 2.26. The SMILES string of the molecule is COC(=O)c1ccc2nnc(-c3cccc(Cl)c3F)n2c1. The number of rotatable bonds is 2. The number of pyridine rings is 1. The first-order valence-corrected chi connectivity index (χ1v) is 6.37. The van der Waals surface area contributed by atoms with Crippen LogP contribution >= 0.6 is 11.6 Å². The number of ether oxygens (including phenoxy) is 1. The first-order valence-electron chi connectivity index (χ1n) is 5.99. The van der Waals surface area contributed by atoms with Gasteiger partial charge in [-0.05, 0) is 24.3 Å². The Balaban J connectivity index is 2.23. The Bertz CT molecular complexity index is 847. The number of hydrogen-bond acceptors (Lipinski definition) is 4. The van der Waals surface area contributed by atoms with Crippen molar-refractivity contribution in [2.24, 2.45) is 0 Å². The zero-order chi connectivity index (χ0) is 15.0. The van der Waals surface area contributed by atoms with Crippen molar-refractivity contribution < 1.29 is 13.9 Å². The van der Waals surface area contributed by atoms with Crippen LogP contribution in [0.15, 0.2) is 36.5 Å². The Morgan fingerprint density at radius 3 is 2.86 bits per heavy atom. The molecule has 0 aliphatic carbocycles. The summed E-state index contributed by atoms with van der Waals surface area (Å²) in [5.74, 6) is -0.823. The van der Waals surface area contributed by atoms with E-state index in [0.29, 0.717) is 11.2 Å². The quantitative estimate of drug-likeness (QED) is 0.683. The van der Waals surface area contributed by atoms with Crippen molar-refractivity contribution in [3.8, 4) is 11.4 Å². The van der Waals surface area contributed by atoms with Gasteiger partial charge in [-0.25, -0.2) is 9.18 Å². The van der Waals surface area contributed by atoms with Gasteiger partial charge in [-0.15, -0.1) is 10.2 Å². The normalized spacial score (nSPS) is 10.8. The summed E-state index contributed by atoms with van der Waals surface area (Å²) in [7, 11) is 1.29. The van der Waals surface area contributed by atoms with Gasteiger partial charge in [0.05, 0.1) is 23.3 Å². The number of carbonyl (C=O) groups is 1. The van der Waals surface area contributed by atoms with Crippen LogP contribution in [-0.2, 0) is 4.74 Å². The second kappa shape index (κ2) is 5.14. The van der Waals surface area contributed by atoms with Crippen LogP contribution in [0.5, 0.6) is 0 Å². The molecule has 3 rings (SSSR count). The average molecular weight is 306 g/mol. The fourth-order valence-corrected chi connectivity index (χ4v) is 2.16. The maximum absolute atomic E-state index is 14.1. The molecule has 0 aliphatic heterocycles. The number of carbonyl (C=O) groups excluding carboxylic acids is 1. The van der Waals surface area contributed by atoms with E-state index in [0.717, 1.165) is 0 Å². The topological polar surface area (TPSA) is 56.5 Å². The molecule has 3 aromatic rings. The van der Waals surface area contributed by atoms with Gasteiger partial charge in [0, 0.05) is 6.20 Å². The van der Waals surface area contributed by atoms with Gasteiger partial charge >= 0.3 is 5.97 Å². The maximum atomic E-state index is 14.1. The van der Waals surface area contributed by atoms with Crippen molar-refractivity contribution in [3.05, 3.63) is 52.9 Å². The van der Waals surface area contributed by atoms with E-state index in [1.165, 1.54) is 23.8 Å². The number of fused-ring (bicyclic) bond motifs is 1. The minimum absolute atomic E-state index is 0.00614. The fourth-order valence-electron chi connectivity index (χ4n) is 1.99. The predicted molar refractivity (Wildman–Crippen MR) is 74.7 cm³/mol. The third kappa shape index (κ3) is 2.23. The molecule has 7 heteroatoms. The van der Waals surface area contributed by atoms with Crippen molar-refractivity contribution >= 4 is 23.2 Å². The summed E-state index contributed by atoms with van der Waals surface area (Å²) in [6, 6.07) is 7.77. The zero-order valence-corrected chi connectivity index (χ0v) is 11.6. The third-order valence-electron chi connectivity index (χ3n) is 3.02. The number of halogens is 2. The lowest BCUT2D eigenvalue weighted by molar-refractivity contribution is 0.0600. The van der Waals surface area contributed by atoms with Gasteiger partial charge in [0.15, 0.2) is 17.3 Å². The minimum Gasteiger partial charge on any atom is -0.465 e. The van der Waals surface area contributed by atoms with E-state index in [1.807, 2.05) is 0 Å². The molecule has 0 saturated carbocycles. The molecule has 0 fully saturated rings. The summed E-state index contributed by atoms with van der Waals surface area (Å²) in [6.45, 7) is 0. The summed E-state index contributed by atoms with van der Waals surface area (Å²) < 4.78 is 20.3. The van der Waals surface area contributed by atoms with E-state index >= 15 is 0 Å². The number of aromatic nitrogens is 3. The molecular formula is C14H9ClFN3O2. The van der Waals surface area contributed by atoms with Crippen molar-refractivity contribution in [2.75, 3.05) is 7.11 Å². The van der Waals surface area contributed by atoms with E-state index < -0.39 is 11.8 Å². The van der Waals surface area contributed by atoms with Crippen LogP contribution < -0.4 is 0 Å². The third-order valence-corrected chi connectivity index (χ3v) is 3.31. The lowest BCUT2D eigenvalue weighted by Crippen LogP contribution is -2.03. The highest BCUT2D eigenvalue weighted by molar-refractivity contribution is 6.31. The monoisotopic (exact) mass is 305 g/mol. The first kappa shape index (κ1) is 13.5. The number of benzene rings is 1. The van der Waals surface area contributed by atoms with Gasteiger partial charge in [-0.1, -0.05) is 17.7 Å². The van der Waals surface area contributed by atoms with Gasteiger partial charge in [-0.3, -0.25) is 4.40 Å². The average Bonchev–Trinajstić information content (AvgIpc) is 2.92. The molecule has 5 nitrogen and oxygen atoms in total. The van der Waals surface area contributed by atoms with Crippen molar-refractivity contribution in [3.63, 3.8) is 0 Å². The highest BCUT2D eigenvalue weighted by atomic mass is 35.5. The zero-order valence-electron chi connectivity index (χ0n) is 10.9. The van der Waals surface area contributed by atoms with Crippen molar-refractivity contribution in [1.29, 1.82) is 0 Å². The van der Waals surface area contributed by atoms with Crippen molar-refractivity contribution in [2.45, 2.75) is 0 Å². The number of hydrogen-bond donors (Lipinski definition) is 0. The second-order valence-electron chi connectivity index (χ2n) is 4.26. The lowest BCUT2D eigenvalue weighted by Gasteiger charge is -2.04. The lowest BCUT2D eigenvalue weighted by atomic mass is 10.2. The largest absolute Gasteiger partial charge is 0.465 e. The molecule has 0 unspecified atom stereocenters. The summed E-state index contributed by atoms with van der Waals surface area (Å²) >= 11 is 5.78. The van der Waals surface area contributed by atoms with Gasteiger partial charge in [0.1, 0.15) is 0 Å². The van der Waals surface area contributed by atoms with Crippen LogP contribution in [0.25, 0.3) is 17.0 Å². The van der Waals surface area contributed by atoms with E-state index in [2.05, 4.69) is 14.9 Å². The number of nitrogens with zero attached hydrogens (tertiary/aromatic N) is 3. The molecule has 0 amide bonds. The summed E-state index contributed by atoms with van der Waals surface area (Å²) in [6.07, 6.45) is 1.50. The predicted octanol–water partition coefficient (Wildman–Crippen LogP) is 2.98. The van der Waals surface area contributed by atoms with Gasteiger partial charge < -0.3 is 4.74 Å². The van der Waals surface area contributed by atoms with Crippen LogP contribution in [0, 0.1) is 5.82 Å². The number of esters is 1. The molecule has 0 aliphatic rings. The van der Waals surface area contributed by atoms with Crippen LogP contribution in [0.3, 0.4) is 0 Å². The van der Waals surface area contributed by atoms with Gasteiger partial charge in [-0.2, -0.15) is 0 Å². The molecule has 106 valence electrons. The van der Waals surface area contributed by atoms with Crippen LogP contribution in [-0.4, -0.2) is 27.7 Å². The standard InChI is InChI=1S/C14H9ClFN3O2/c1-21-14(20)8-5-6-11-17-18-13(19(11)7-8)9-3-2-4-10(15)12(9)16/h2-7H,1H3. The van der Waals surface area contributed by atoms with E-state index in [-0.39, 0.29) is 16.4 Å². The van der Waals surface area contributed by atoms with Crippen LogP contribution in [0.2, 0.25) is 5.02 Å². The Labute approximate surface area is 123 Å². The molecule has 1 aromatic carbocycles. The minimum atomic E-state index is -0.586. The molecule has 2 heterocycles. The summed E-state index contributed by atoms with van der Waals surface area (Å²) in [5.41, 5.74) is 1.00. The summed E-state index contributed by atoms with van der Waals surface area (Å²) in [5, 5.41) is 7.89. The van der Waals surface area contributed by atoms with Gasteiger partial charge in [0.2, 0.25) is 0 Å². The molecular weight excluding hydrogens is 297 g/mol. The maximum Gasteiger partial charge on any atom is 0.339 e. The smallest absolute Gasteiger partial charge is 0.339 e. The van der Waals surface area contributed by atoms with E-state index in [4.69, 9.17) is 11.6 Å². The van der Waals surface area contributed by atoms with Crippen LogP contribution in [0.4, 0.5) is 4.39 Å². The highest BCUT2D eigenvalue weighted by Gasteiger charge is 2.16. The Hall–Kier alpha value is -2.47. The van der Waals surface area contributed by atoms with Crippen LogP contribution in [0.1, 0.15) is 10.4 Å². The summed E-state index contributed by atoms with van der Waals surface area (Å²) in [4.78, 5) is 11.6. The van der Waals surface area contributed by atoms with E-state index in [9.17, 15) is 9.18 Å². The Morgan fingerprint density at radius 2 is 2.10 bits per heavy atom. The van der Waals surface area contributed by atoms with E-state index in [1.54, 1.807) is 24.3 Å². The molecule has 0 spiro atoms. The molecule has 0 atom stereocenters. The molecule has 0 bridgehead atoms. The molecule has 0 saturated heterocycles. The first-order chi connectivity index (χ1) is 10.1. The molecule has 21 heavy (non-hydrogen) atoms. The Kier molecular flexibility index (Phi) is 3.31. The second-order valence-corrected chi connectivity index (χ2v) is 4.67. The fraction of sp³-hybridized carbons (Fsp3) is 0.0714. The Morgan fingerprint density at radius 1 is 1.29 bits per heavy atom. The number of methoxy groups -OCH3 is 1. The molecule has 0 N–H and O–H groups in total. The van der Waals surface area contributed by atoms with Crippen molar-refractivity contribution in [1.82, 2.24) is 14.6 Å². The molecule has 2 aromatic heterocycles.